The Morgan fingerprint density at radius 3 is 2.81 bits per heavy atom. The number of hydrogen-bond donors (Lipinski definition) is 2. The van der Waals surface area contributed by atoms with Gasteiger partial charge in [-0.25, -0.2) is 0 Å². The second-order valence-electron chi connectivity index (χ2n) is 3.55. The SMILES string of the molecule is CCNC(=O)CSc1nnc(N)n1C(C)C. The zero-order valence-corrected chi connectivity index (χ0v) is 10.5. The van der Waals surface area contributed by atoms with Crippen molar-refractivity contribution in [2.75, 3.05) is 18.0 Å². The second-order valence-corrected chi connectivity index (χ2v) is 4.49. The number of nitrogens with two attached hydrogens (primary N) is 1. The van der Waals surface area contributed by atoms with E-state index in [1.807, 2.05) is 25.3 Å². The molecular weight excluding hydrogens is 226 g/mol. The topological polar surface area (TPSA) is 85.8 Å². The Balaban J connectivity index is 2.64. The highest BCUT2D eigenvalue weighted by molar-refractivity contribution is 7.99. The Morgan fingerprint density at radius 2 is 2.25 bits per heavy atom. The molecule has 7 heteroatoms. The summed E-state index contributed by atoms with van der Waals surface area (Å²) in [6.45, 7) is 6.52. The van der Waals surface area contributed by atoms with Gasteiger partial charge in [-0.3, -0.25) is 9.36 Å². The van der Waals surface area contributed by atoms with E-state index in [1.54, 1.807) is 0 Å². The minimum Gasteiger partial charge on any atom is -0.368 e. The van der Waals surface area contributed by atoms with Gasteiger partial charge in [0, 0.05) is 12.6 Å². The number of nitrogens with one attached hydrogen (secondary N) is 1. The molecule has 0 aliphatic heterocycles. The van der Waals surface area contributed by atoms with Gasteiger partial charge in [0.2, 0.25) is 11.9 Å². The molecule has 3 N–H and O–H groups in total. The van der Waals surface area contributed by atoms with Gasteiger partial charge < -0.3 is 11.1 Å². The summed E-state index contributed by atoms with van der Waals surface area (Å²) in [7, 11) is 0. The van der Waals surface area contributed by atoms with Gasteiger partial charge in [-0.2, -0.15) is 0 Å². The minimum absolute atomic E-state index is 0.00984. The van der Waals surface area contributed by atoms with Crippen molar-refractivity contribution in [1.82, 2.24) is 20.1 Å². The molecule has 0 saturated carbocycles. The van der Waals surface area contributed by atoms with Crippen molar-refractivity contribution in [3.63, 3.8) is 0 Å². The number of nitrogen functional groups attached to an aromatic ring is 1. The second kappa shape index (κ2) is 5.74. The first kappa shape index (κ1) is 12.8. The monoisotopic (exact) mass is 243 g/mol. The molecule has 0 fully saturated rings. The van der Waals surface area contributed by atoms with Crippen LogP contribution in [0.15, 0.2) is 5.16 Å². The fraction of sp³-hybridized carbons (Fsp3) is 0.667. The largest absolute Gasteiger partial charge is 0.368 e. The van der Waals surface area contributed by atoms with Gasteiger partial charge in [0.1, 0.15) is 0 Å². The lowest BCUT2D eigenvalue weighted by molar-refractivity contribution is -0.118. The first-order valence-corrected chi connectivity index (χ1v) is 6.14. The Morgan fingerprint density at radius 1 is 1.56 bits per heavy atom. The maximum Gasteiger partial charge on any atom is 0.230 e. The lowest BCUT2D eigenvalue weighted by Gasteiger charge is -2.10. The molecule has 0 unspecified atom stereocenters. The molecule has 0 bridgehead atoms. The molecule has 1 heterocycles. The maximum absolute atomic E-state index is 11.3. The van der Waals surface area contributed by atoms with Crippen molar-refractivity contribution in [2.45, 2.75) is 32.0 Å². The van der Waals surface area contributed by atoms with E-state index in [-0.39, 0.29) is 11.9 Å². The normalized spacial score (nSPS) is 10.8. The molecule has 0 saturated heterocycles. The summed E-state index contributed by atoms with van der Waals surface area (Å²) in [6, 6.07) is 0.187. The van der Waals surface area contributed by atoms with Crippen LogP contribution in [0.2, 0.25) is 0 Å². The molecule has 0 atom stereocenters. The Kier molecular flexibility index (Phi) is 4.60. The maximum atomic E-state index is 11.3. The molecule has 1 aromatic heterocycles. The standard InChI is InChI=1S/C9H17N5OS/c1-4-11-7(15)5-16-9-13-12-8(10)14(9)6(2)3/h6H,4-5H2,1-3H3,(H2,10,12)(H,11,15). The van der Waals surface area contributed by atoms with E-state index in [0.29, 0.717) is 23.4 Å². The van der Waals surface area contributed by atoms with E-state index in [0.717, 1.165) is 0 Å². The van der Waals surface area contributed by atoms with Crippen molar-refractivity contribution >= 4 is 23.6 Å². The predicted octanol–water partition coefficient (Wildman–Crippen LogP) is 0.669. The third-order valence-electron chi connectivity index (χ3n) is 1.91. The summed E-state index contributed by atoms with van der Waals surface area (Å²) in [6.07, 6.45) is 0. The highest BCUT2D eigenvalue weighted by atomic mass is 32.2. The van der Waals surface area contributed by atoms with Crippen LogP contribution in [0.5, 0.6) is 0 Å². The van der Waals surface area contributed by atoms with E-state index in [9.17, 15) is 4.79 Å². The molecule has 1 amide bonds. The predicted molar refractivity (Wildman–Crippen MR) is 64.2 cm³/mol. The third-order valence-corrected chi connectivity index (χ3v) is 2.86. The molecule has 0 radical (unpaired) electrons. The molecule has 1 aromatic rings. The number of carbonyl (C=O) groups is 1. The zero-order valence-electron chi connectivity index (χ0n) is 9.73. The van der Waals surface area contributed by atoms with E-state index in [1.165, 1.54) is 11.8 Å². The van der Waals surface area contributed by atoms with Crippen LogP contribution >= 0.6 is 11.8 Å². The van der Waals surface area contributed by atoms with Gasteiger partial charge in [-0.1, -0.05) is 11.8 Å². The summed E-state index contributed by atoms with van der Waals surface area (Å²) in [5.74, 6) is 0.705. The molecule has 0 aliphatic rings. The lowest BCUT2D eigenvalue weighted by Crippen LogP contribution is -2.24. The van der Waals surface area contributed by atoms with Crippen LogP contribution in [0, 0.1) is 0 Å². The molecule has 16 heavy (non-hydrogen) atoms. The molecule has 1 rings (SSSR count). The van der Waals surface area contributed by atoms with Crippen molar-refractivity contribution < 1.29 is 4.79 Å². The quantitative estimate of drug-likeness (QED) is 0.742. The number of nitrogens with zero attached hydrogens (tertiary/aromatic N) is 3. The van der Waals surface area contributed by atoms with Gasteiger partial charge >= 0.3 is 0 Å². The number of amides is 1. The fourth-order valence-electron chi connectivity index (χ4n) is 1.25. The number of rotatable bonds is 5. The number of anilines is 1. The summed E-state index contributed by atoms with van der Waals surface area (Å²) in [5.41, 5.74) is 5.68. The first-order chi connectivity index (χ1) is 7.56. The van der Waals surface area contributed by atoms with Crippen molar-refractivity contribution in [3.8, 4) is 0 Å². The van der Waals surface area contributed by atoms with E-state index in [4.69, 9.17) is 5.73 Å². The molecule has 0 aliphatic carbocycles. The van der Waals surface area contributed by atoms with Gasteiger partial charge in [-0.15, -0.1) is 10.2 Å². The number of carbonyl (C=O) groups excluding carboxylic acids is 1. The Labute approximate surface area is 99.0 Å². The third kappa shape index (κ3) is 3.13. The average Bonchev–Trinajstić information content (AvgIpc) is 2.57. The van der Waals surface area contributed by atoms with Gasteiger partial charge in [0.05, 0.1) is 5.75 Å². The minimum atomic E-state index is -0.00984. The van der Waals surface area contributed by atoms with Gasteiger partial charge in [-0.05, 0) is 20.8 Å². The molecule has 0 aromatic carbocycles. The van der Waals surface area contributed by atoms with Crippen LogP contribution in [-0.2, 0) is 4.79 Å². The molecule has 6 nitrogen and oxygen atoms in total. The number of aromatic nitrogens is 3. The van der Waals surface area contributed by atoms with E-state index >= 15 is 0 Å². The number of thioether (sulfide) groups is 1. The zero-order chi connectivity index (χ0) is 12.1. The smallest absolute Gasteiger partial charge is 0.230 e. The Bertz CT molecular complexity index is 363. The van der Waals surface area contributed by atoms with Crippen LogP contribution in [0.25, 0.3) is 0 Å². The molecule has 0 spiro atoms. The average molecular weight is 243 g/mol. The molecular formula is C9H17N5OS. The van der Waals surface area contributed by atoms with Crippen molar-refractivity contribution in [2.24, 2.45) is 0 Å². The molecule has 90 valence electrons. The van der Waals surface area contributed by atoms with E-state index in [2.05, 4.69) is 15.5 Å². The Hall–Kier alpha value is -1.24. The lowest BCUT2D eigenvalue weighted by atomic mass is 10.4. The van der Waals surface area contributed by atoms with Gasteiger partial charge in [0.15, 0.2) is 5.16 Å². The van der Waals surface area contributed by atoms with Crippen LogP contribution in [0.1, 0.15) is 26.8 Å². The van der Waals surface area contributed by atoms with Crippen LogP contribution in [0.4, 0.5) is 5.95 Å². The number of hydrogen-bond acceptors (Lipinski definition) is 5. The fourth-order valence-corrected chi connectivity index (χ4v) is 2.15. The van der Waals surface area contributed by atoms with Crippen LogP contribution < -0.4 is 11.1 Å². The van der Waals surface area contributed by atoms with Crippen LogP contribution in [0.3, 0.4) is 0 Å². The summed E-state index contributed by atoms with van der Waals surface area (Å²) < 4.78 is 1.81. The van der Waals surface area contributed by atoms with E-state index < -0.39 is 0 Å². The highest BCUT2D eigenvalue weighted by Crippen LogP contribution is 2.22. The first-order valence-electron chi connectivity index (χ1n) is 5.16. The summed E-state index contributed by atoms with van der Waals surface area (Å²) in [4.78, 5) is 11.3. The van der Waals surface area contributed by atoms with Crippen molar-refractivity contribution in [1.29, 1.82) is 0 Å². The van der Waals surface area contributed by atoms with Crippen molar-refractivity contribution in [3.05, 3.63) is 0 Å². The van der Waals surface area contributed by atoms with Crippen LogP contribution in [-0.4, -0.2) is 33.0 Å². The van der Waals surface area contributed by atoms with Gasteiger partial charge in [0.25, 0.3) is 0 Å². The summed E-state index contributed by atoms with van der Waals surface area (Å²) in [5, 5.41) is 11.1. The highest BCUT2D eigenvalue weighted by Gasteiger charge is 2.13. The summed E-state index contributed by atoms with van der Waals surface area (Å²) >= 11 is 1.34.